The number of aromatic nitrogens is 3. The van der Waals surface area contributed by atoms with Crippen LogP contribution in [0.15, 0.2) is 6.20 Å². The smallest absolute Gasteiger partial charge is 0.0964 e. The fourth-order valence-electron chi connectivity index (χ4n) is 2.64. The van der Waals surface area contributed by atoms with Gasteiger partial charge < -0.3 is 5.32 Å². The summed E-state index contributed by atoms with van der Waals surface area (Å²) >= 11 is 0. The van der Waals surface area contributed by atoms with Gasteiger partial charge in [0.1, 0.15) is 0 Å². The van der Waals surface area contributed by atoms with Gasteiger partial charge in [0.2, 0.25) is 0 Å². The van der Waals surface area contributed by atoms with Gasteiger partial charge in [-0.2, -0.15) is 0 Å². The monoisotopic (exact) mass is 265 g/mol. The number of nitrogens with one attached hydrogen (secondary N) is 1. The molecule has 0 aromatic carbocycles. The van der Waals surface area contributed by atoms with E-state index in [2.05, 4.69) is 54.4 Å². The minimum absolute atomic E-state index is 0.350. The molecule has 1 aromatic heterocycles. The molecule has 0 bridgehead atoms. The van der Waals surface area contributed by atoms with Crippen molar-refractivity contribution in [2.75, 3.05) is 13.1 Å². The van der Waals surface area contributed by atoms with E-state index in [-0.39, 0.29) is 0 Å². The zero-order chi connectivity index (χ0) is 13.9. The Morgan fingerprint density at radius 3 is 2.79 bits per heavy atom. The van der Waals surface area contributed by atoms with Gasteiger partial charge in [0, 0.05) is 30.9 Å². The van der Waals surface area contributed by atoms with Gasteiger partial charge >= 0.3 is 0 Å². The van der Waals surface area contributed by atoms with Crippen LogP contribution in [0, 0.1) is 0 Å². The second-order valence-corrected chi connectivity index (χ2v) is 6.41. The minimum Gasteiger partial charge on any atom is -0.309 e. The SMILES string of the molecule is CC(C)NCc1cn(CCN2CCCC2(C)C)nn1. The van der Waals surface area contributed by atoms with Gasteiger partial charge in [-0.15, -0.1) is 5.10 Å². The quantitative estimate of drug-likeness (QED) is 0.849. The third kappa shape index (κ3) is 4.01. The van der Waals surface area contributed by atoms with Gasteiger partial charge in [-0.05, 0) is 33.2 Å². The molecule has 0 radical (unpaired) electrons. The van der Waals surface area contributed by atoms with Crippen LogP contribution in [0.2, 0.25) is 0 Å². The minimum atomic E-state index is 0.350. The van der Waals surface area contributed by atoms with Gasteiger partial charge in [0.05, 0.1) is 12.2 Å². The van der Waals surface area contributed by atoms with Gasteiger partial charge in [-0.25, -0.2) is 0 Å². The summed E-state index contributed by atoms with van der Waals surface area (Å²) in [5, 5.41) is 11.8. The first-order chi connectivity index (χ1) is 8.97. The molecule has 1 N–H and O–H groups in total. The van der Waals surface area contributed by atoms with Crippen molar-refractivity contribution in [1.29, 1.82) is 0 Å². The highest BCUT2D eigenvalue weighted by Gasteiger charge is 2.31. The molecule has 0 amide bonds. The molecule has 1 aliphatic rings. The topological polar surface area (TPSA) is 46.0 Å². The number of nitrogens with zero attached hydrogens (tertiary/aromatic N) is 4. The van der Waals surface area contributed by atoms with Crippen LogP contribution in [0.5, 0.6) is 0 Å². The molecule has 5 nitrogen and oxygen atoms in total. The fourth-order valence-corrected chi connectivity index (χ4v) is 2.64. The molecule has 0 unspecified atom stereocenters. The summed E-state index contributed by atoms with van der Waals surface area (Å²) in [5.41, 5.74) is 1.37. The second-order valence-electron chi connectivity index (χ2n) is 6.41. The lowest BCUT2D eigenvalue weighted by Crippen LogP contribution is -2.40. The molecule has 1 saturated heterocycles. The Balaban J connectivity index is 1.80. The number of hydrogen-bond donors (Lipinski definition) is 1. The molecule has 1 aliphatic heterocycles. The maximum Gasteiger partial charge on any atom is 0.0964 e. The Morgan fingerprint density at radius 2 is 2.16 bits per heavy atom. The normalized spacial score (nSPS) is 19.4. The van der Waals surface area contributed by atoms with E-state index >= 15 is 0 Å². The highest BCUT2D eigenvalue weighted by atomic mass is 15.4. The Hall–Kier alpha value is -0.940. The van der Waals surface area contributed by atoms with Crippen LogP contribution >= 0.6 is 0 Å². The summed E-state index contributed by atoms with van der Waals surface area (Å²) in [6.45, 7) is 12.9. The highest BCUT2D eigenvalue weighted by molar-refractivity contribution is 4.92. The molecular formula is C14H27N5. The summed E-state index contributed by atoms with van der Waals surface area (Å²) in [6.07, 6.45) is 4.67. The lowest BCUT2D eigenvalue weighted by atomic mass is 10.0. The van der Waals surface area contributed by atoms with E-state index in [9.17, 15) is 0 Å². The van der Waals surface area contributed by atoms with Crippen LogP contribution in [-0.4, -0.2) is 44.6 Å². The van der Waals surface area contributed by atoms with Crippen LogP contribution in [0.1, 0.15) is 46.2 Å². The summed E-state index contributed by atoms with van der Waals surface area (Å²) < 4.78 is 1.96. The zero-order valence-corrected chi connectivity index (χ0v) is 12.7. The van der Waals surface area contributed by atoms with Gasteiger partial charge in [-0.3, -0.25) is 9.58 Å². The van der Waals surface area contributed by atoms with E-state index in [0.29, 0.717) is 11.6 Å². The molecule has 0 spiro atoms. The predicted molar refractivity (Wildman–Crippen MR) is 76.9 cm³/mol. The molecule has 0 atom stereocenters. The number of rotatable bonds is 6. The van der Waals surface area contributed by atoms with E-state index in [1.807, 2.05) is 4.68 Å². The Kier molecular flexibility index (Phi) is 4.58. The zero-order valence-electron chi connectivity index (χ0n) is 12.7. The van der Waals surface area contributed by atoms with Crippen molar-refractivity contribution in [1.82, 2.24) is 25.2 Å². The van der Waals surface area contributed by atoms with E-state index in [1.54, 1.807) is 0 Å². The van der Waals surface area contributed by atoms with Crippen LogP contribution in [-0.2, 0) is 13.1 Å². The predicted octanol–water partition coefficient (Wildman–Crippen LogP) is 1.65. The van der Waals surface area contributed by atoms with Crippen molar-refractivity contribution >= 4 is 0 Å². The third-order valence-corrected chi connectivity index (χ3v) is 3.95. The maximum atomic E-state index is 4.20. The van der Waals surface area contributed by atoms with Crippen molar-refractivity contribution in [3.05, 3.63) is 11.9 Å². The Bertz CT molecular complexity index is 396. The fraction of sp³-hybridized carbons (Fsp3) is 0.857. The molecule has 108 valence electrons. The highest BCUT2D eigenvalue weighted by Crippen LogP contribution is 2.27. The largest absolute Gasteiger partial charge is 0.309 e. The van der Waals surface area contributed by atoms with E-state index in [0.717, 1.165) is 25.3 Å². The molecule has 1 aromatic rings. The lowest BCUT2D eigenvalue weighted by molar-refractivity contribution is 0.166. The second kappa shape index (κ2) is 6.01. The third-order valence-electron chi connectivity index (χ3n) is 3.95. The number of hydrogen-bond acceptors (Lipinski definition) is 4. The average Bonchev–Trinajstić information content (AvgIpc) is 2.90. The summed E-state index contributed by atoms with van der Waals surface area (Å²) in [4.78, 5) is 2.56. The summed E-state index contributed by atoms with van der Waals surface area (Å²) in [5.74, 6) is 0. The van der Waals surface area contributed by atoms with Gasteiger partial charge in [-0.1, -0.05) is 19.1 Å². The summed E-state index contributed by atoms with van der Waals surface area (Å²) in [7, 11) is 0. The van der Waals surface area contributed by atoms with E-state index < -0.39 is 0 Å². The molecule has 2 heterocycles. The molecule has 0 aliphatic carbocycles. The molecule has 1 fully saturated rings. The molecule has 19 heavy (non-hydrogen) atoms. The summed E-state index contributed by atoms with van der Waals surface area (Å²) in [6, 6.07) is 0.482. The molecular weight excluding hydrogens is 238 g/mol. The van der Waals surface area contributed by atoms with Crippen molar-refractivity contribution < 1.29 is 0 Å². The van der Waals surface area contributed by atoms with Crippen LogP contribution in [0.4, 0.5) is 0 Å². The van der Waals surface area contributed by atoms with Crippen molar-refractivity contribution in [2.24, 2.45) is 0 Å². The van der Waals surface area contributed by atoms with E-state index in [1.165, 1.54) is 19.4 Å². The molecule has 5 heteroatoms. The average molecular weight is 265 g/mol. The van der Waals surface area contributed by atoms with E-state index in [4.69, 9.17) is 0 Å². The van der Waals surface area contributed by atoms with Gasteiger partial charge in [0.15, 0.2) is 0 Å². The lowest BCUT2D eigenvalue weighted by Gasteiger charge is -2.31. The van der Waals surface area contributed by atoms with Crippen molar-refractivity contribution in [3.63, 3.8) is 0 Å². The van der Waals surface area contributed by atoms with Crippen molar-refractivity contribution in [2.45, 2.75) is 65.2 Å². The van der Waals surface area contributed by atoms with Crippen LogP contribution < -0.4 is 5.32 Å². The first-order valence-electron chi connectivity index (χ1n) is 7.35. The number of likely N-dealkylation sites (tertiary alicyclic amines) is 1. The maximum absolute atomic E-state index is 4.20. The van der Waals surface area contributed by atoms with Crippen LogP contribution in [0.3, 0.4) is 0 Å². The van der Waals surface area contributed by atoms with Crippen molar-refractivity contribution in [3.8, 4) is 0 Å². The standard InChI is InChI=1S/C14H27N5/c1-12(2)15-10-13-11-19(17-16-13)9-8-18-7-5-6-14(18,3)4/h11-12,15H,5-10H2,1-4H3. The molecule has 2 rings (SSSR count). The molecule has 0 saturated carbocycles. The first kappa shape index (κ1) is 14.5. The Labute approximate surface area is 116 Å². The van der Waals surface area contributed by atoms with Crippen LogP contribution in [0.25, 0.3) is 0 Å². The Morgan fingerprint density at radius 1 is 1.37 bits per heavy atom. The first-order valence-corrected chi connectivity index (χ1v) is 7.35. The van der Waals surface area contributed by atoms with Gasteiger partial charge in [0.25, 0.3) is 0 Å².